The molecule has 8 heteroatoms. The van der Waals surface area contributed by atoms with Gasteiger partial charge in [0.2, 0.25) is 0 Å². The summed E-state index contributed by atoms with van der Waals surface area (Å²) in [5, 5.41) is 11.3. The van der Waals surface area contributed by atoms with E-state index >= 15 is 0 Å². The Morgan fingerprint density at radius 3 is 2.75 bits per heavy atom. The highest BCUT2D eigenvalue weighted by Gasteiger charge is 2.50. The van der Waals surface area contributed by atoms with Gasteiger partial charge in [0.25, 0.3) is 5.06 Å². The number of hydrogen-bond donors (Lipinski definition) is 4. The lowest BCUT2D eigenvalue weighted by molar-refractivity contribution is 0.202. The molecule has 0 amide bonds. The van der Waals surface area contributed by atoms with Crippen LogP contribution in [-0.4, -0.2) is 33.1 Å². The molecule has 3 heterocycles. The molecule has 3 aromatic rings. The summed E-state index contributed by atoms with van der Waals surface area (Å²) in [7, 11) is -4.83. The van der Waals surface area contributed by atoms with Gasteiger partial charge in [0.1, 0.15) is 5.65 Å². The maximum Gasteiger partial charge on any atom is 0.319 e. The predicted octanol–water partition coefficient (Wildman–Crippen LogP) is 2.06. The molecule has 24 heavy (non-hydrogen) atoms. The van der Waals surface area contributed by atoms with Crippen molar-refractivity contribution in [3.8, 4) is 0 Å². The number of aromatic amines is 1. The minimum atomic E-state index is -4.83. The first-order valence-electron chi connectivity index (χ1n) is 7.11. The minimum Gasteiger partial charge on any atom is -0.353 e. The summed E-state index contributed by atoms with van der Waals surface area (Å²) >= 11 is 0. The number of nitrogens with zero attached hydrogens (tertiary/aromatic N) is 1. The molecule has 0 aliphatic carbocycles. The number of para-hydroxylation sites is 1. The fourth-order valence-electron chi connectivity index (χ4n) is 2.89. The largest absolute Gasteiger partial charge is 0.353 e. The van der Waals surface area contributed by atoms with E-state index in [0.29, 0.717) is 22.5 Å². The fourth-order valence-corrected chi connectivity index (χ4v) is 3.58. The van der Waals surface area contributed by atoms with E-state index in [1.165, 1.54) is 6.08 Å². The van der Waals surface area contributed by atoms with Crippen molar-refractivity contribution >= 4 is 38.5 Å². The molecule has 0 spiro atoms. The SMILES string of the molecule is O=S(=O)(O)C1(O)Nc2ccccc2C1=Cc1c[nH]c2ncccc12. The molecule has 0 bridgehead atoms. The molecular weight excluding hydrogens is 330 g/mol. The highest BCUT2D eigenvalue weighted by atomic mass is 32.2. The standard InChI is InChI=1S/C16H13N3O4S/c20-16(24(21,22)23)13(12-4-1-2-6-14(12)19-16)8-10-9-18-15-11(10)5-3-7-17-15/h1-9,19-20H,(H,17,18)(H,21,22,23). The molecular formula is C16H13N3O4S. The molecule has 122 valence electrons. The van der Waals surface area contributed by atoms with Crippen molar-refractivity contribution in [3.05, 3.63) is 59.9 Å². The second-order valence-electron chi connectivity index (χ2n) is 5.49. The average Bonchev–Trinajstić information content (AvgIpc) is 3.08. The summed E-state index contributed by atoms with van der Waals surface area (Å²) in [4.78, 5) is 7.16. The second kappa shape index (κ2) is 4.91. The van der Waals surface area contributed by atoms with Crippen molar-refractivity contribution in [1.82, 2.24) is 9.97 Å². The van der Waals surface area contributed by atoms with E-state index in [1.807, 2.05) is 6.07 Å². The number of fused-ring (bicyclic) bond motifs is 2. The second-order valence-corrected chi connectivity index (χ2v) is 7.03. The van der Waals surface area contributed by atoms with E-state index in [0.717, 1.165) is 5.39 Å². The van der Waals surface area contributed by atoms with Crippen LogP contribution in [-0.2, 0) is 10.1 Å². The Kier molecular flexibility index (Phi) is 3.04. The number of H-pyrrole nitrogens is 1. The lowest BCUT2D eigenvalue weighted by Crippen LogP contribution is -2.43. The third kappa shape index (κ3) is 2.04. The predicted molar refractivity (Wildman–Crippen MR) is 90.5 cm³/mol. The normalized spacial score (nSPS) is 21.8. The first-order chi connectivity index (χ1) is 11.4. The van der Waals surface area contributed by atoms with Gasteiger partial charge in [-0.05, 0) is 24.3 Å². The van der Waals surface area contributed by atoms with Gasteiger partial charge in [0.15, 0.2) is 0 Å². The lowest BCUT2D eigenvalue weighted by atomic mass is 10.0. The van der Waals surface area contributed by atoms with Gasteiger partial charge in [-0.2, -0.15) is 8.42 Å². The van der Waals surface area contributed by atoms with Crippen LogP contribution in [0, 0.1) is 0 Å². The van der Waals surface area contributed by atoms with E-state index in [-0.39, 0.29) is 5.57 Å². The molecule has 0 radical (unpaired) electrons. The van der Waals surface area contributed by atoms with Crippen LogP contribution in [0.3, 0.4) is 0 Å². The molecule has 2 aromatic heterocycles. The highest BCUT2D eigenvalue weighted by Crippen LogP contribution is 2.44. The zero-order valence-electron chi connectivity index (χ0n) is 12.3. The molecule has 1 aliphatic heterocycles. The monoisotopic (exact) mass is 343 g/mol. The maximum absolute atomic E-state index is 11.8. The molecule has 1 unspecified atom stereocenters. The van der Waals surface area contributed by atoms with E-state index in [1.54, 1.807) is 42.7 Å². The van der Waals surface area contributed by atoms with Crippen molar-refractivity contribution in [1.29, 1.82) is 0 Å². The van der Waals surface area contributed by atoms with Crippen LogP contribution in [0.5, 0.6) is 0 Å². The number of rotatable bonds is 2. The van der Waals surface area contributed by atoms with E-state index in [2.05, 4.69) is 15.3 Å². The zero-order valence-corrected chi connectivity index (χ0v) is 13.1. The van der Waals surface area contributed by atoms with Crippen molar-refractivity contribution in [2.75, 3.05) is 5.32 Å². The van der Waals surface area contributed by atoms with Crippen LogP contribution in [0.25, 0.3) is 22.7 Å². The van der Waals surface area contributed by atoms with E-state index in [4.69, 9.17) is 0 Å². The number of aliphatic hydroxyl groups is 1. The van der Waals surface area contributed by atoms with Crippen molar-refractivity contribution in [3.63, 3.8) is 0 Å². The Labute approximate surface area is 137 Å². The quantitative estimate of drug-likeness (QED) is 0.530. The Morgan fingerprint density at radius 1 is 1.17 bits per heavy atom. The van der Waals surface area contributed by atoms with Gasteiger partial charge in [-0.1, -0.05) is 18.2 Å². The number of aromatic nitrogens is 2. The van der Waals surface area contributed by atoms with E-state index in [9.17, 15) is 18.1 Å². The topological polar surface area (TPSA) is 115 Å². The van der Waals surface area contributed by atoms with Gasteiger partial charge in [-0.25, -0.2) is 4.98 Å². The van der Waals surface area contributed by atoms with E-state index < -0.39 is 15.2 Å². The van der Waals surface area contributed by atoms with Crippen molar-refractivity contribution in [2.45, 2.75) is 5.06 Å². The van der Waals surface area contributed by atoms with Crippen molar-refractivity contribution in [2.24, 2.45) is 0 Å². The number of anilines is 1. The fraction of sp³-hybridized carbons (Fsp3) is 0.0625. The number of pyridine rings is 1. The maximum atomic E-state index is 11.8. The molecule has 1 atom stereocenters. The Balaban J connectivity index is 1.99. The highest BCUT2D eigenvalue weighted by molar-refractivity contribution is 7.87. The Bertz CT molecular complexity index is 1090. The summed E-state index contributed by atoms with van der Waals surface area (Å²) in [5.74, 6) is 0. The Morgan fingerprint density at radius 2 is 1.96 bits per heavy atom. The first kappa shape index (κ1) is 14.9. The molecule has 4 rings (SSSR count). The van der Waals surface area contributed by atoms with Crippen LogP contribution < -0.4 is 5.32 Å². The Hall–Kier alpha value is -2.68. The van der Waals surface area contributed by atoms with Crippen LogP contribution >= 0.6 is 0 Å². The molecule has 1 aromatic carbocycles. The lowest BCUT2D eigenvalue weighted by Gasteiger charge is -2.21. The molecule has 0 saturated heterocycles. The molecule has 4 N–H and O–H groups in total. The number of nitrogens with one attached hydrogen (secondary N) is 2. The minimum absolute atomic E-state index is 0.0466. The summed E-state index contributed by atoms with van der Waals surface area (Å²) < 4.78 is 33.2. The molecule has 1 aliphatic rings. The van der Waals surface area contributed by atoms with Crippen LogP contribution in [0.1, 0.15) is 11.1 Å². The van der Waals surface area contributed by atoms with Gasteiger partial charge in [-0.15, -0.1) is 0 Å². The number of hydrogen-bond acceptors (Lipinski definition) is 5. The van der Waals surface area contributed by atoms with Gasteiger partial charge < -0.3 is 15.4 Å². The summed E-state index contributed by atoms with van der Waals surface area (Å²) in [6.07, 6.45) is 4.82. The molecule has 0 saturated carbocycles. The van der Waals surface area contributed by atoms with Crippen LogP contribution in [0.15, 0.2) is 48.8 Å². The van der Waals surface area contributed by atoms with Crippen molar-refractivity contribution < 1.29 is 18.1 Å². The first-order valence-corrected chi connectivity index (χ1v) is 8.55. The zero-order chi connectivity index (χ0) is 16.9. The summed E-state index contributed by atoms with van der Waals surface area (Å²) in [6.45, 7) is 0. The van der Waals surface area contributed by atoms with Gasteiger partial charge >= 0.3 is 10.1 Å². The molecule has 7 nitrogen and oxygen atoms in total. The summed E-state index contributed by atoms with van der Waals surface area (Å²) in [5.41, 5.74) is 2.25. The van der Waals surface area contributed by atoms with Gasteiger partial charge in [0.05, 0.1) is 0 Å². The average molecular weight is 343 g/mol. The molecule has 0 fully saturated rings. The summed E-state index contributed by atoms with van der Waals surface area (Å²) in [6, 6.07) is 10.3. The van der Waals surface area contributed by atoms with Gasteiger partial charge in [-0.3, -0.25) is 4.55 Å². The third-order valence-corrected chi connectivity index (χ3v) is 5.11. The third-order valence-electron chi connectivity index (χ3n) is 4.04. The number of benzene rings is 1. The van der Waals surface area contributed by atoms with Gasteiger partial charge in [0, 0.05) is 40.2 Å². The van der Waals surface area contributed by atoms with Crippen LogP contribution in [0.4, 0.5) is 5.69 Å². The van der Waals surface area contributed by atoms with Crippen LogP contribution in [0.2, 0.25) is 0 Å². The smallest absolute Gasteiger partial charge is 0.319 e.